The molecule has 1 unspecified atom stereocenters. The van der Waals surface area contributed by atoms with E-state index in [1.54, 1.807) is 0 Å². The average Bonchev–Trinajstić information content (AvgIpc) is 3.11. The van der Waals surface area contributed by atoms with Gasteiger partial charge in [-0.25, -0.2) is 0 Å². The van der Waals surface area contributed by atoms with Crippen LogP contribution in [0.5, 0.6) is 0 Å². The summed E-state index contributed by atoms with van der Waals surface area (Å²) >= 11 is 0. The molecule has 1 aliphatic rings. The molecule has 0 aliphatic heterocycles. The molecule has 0 saturated heterocycles. The highest BCUT2D eigenvalue weighted by molar-refractivity contribution is 5.88. The molecule has 1 aliphatic carbocycles. The molecule has 0 radical (unpaired) electrons. The summed E-state index contributed by atoms with van der Waals surface area (Å²) in [6.07, 6.45) is 0.375. The van der Waals surface area contributed by atoms with Crippen molar-refractivity contribution in [2.75, 3.05) is 0 Å². The molecule has 5 nitrogen and oxygen atoms in total. The first-order chi connectivity index (χ1) is 13.2. The number of para-hydroxylation sites is 1. The van der Waals surface area contributed by atoms with E-state index in [4.69, 9.17) is 0 Å². The van der Waals surface area contributed by atoms with Crippen LogP contribution >= 0.6 is 0 Å². The molecule has 1 aromatic heterocycles. The van der Waals surface area contributed by atoms with Gasteiger partial charge in [-0.05, 0) is 18.1 Å². The van der Waals surface area contributed by atoms with Crippen molar-refractivity contribution in [2.45, 2.75) is 17.8 Å². The number of nitrogens with one attached hydrogen (secondary N) is 1. The average molecular weight is 347 g/mol. The van der Waals surface area contributed by atoms with Crippen molar-refractivity contribution >= 4 is 10.9 Å². The maximum absolute atomic E-state index is 10.1. The fourth-order valence-electron chi connectivity index (χ4n) is 4.31. The predicted molar refractivity (Wildman–Crippen MR) is 97.7 cm³/mol. The van der Waals surface area contributed by atoms with Crippen LogP contribution in [0.15, 0.2) is 54.6 Å². The van der Waals surface area contributed by atoms with E-state index in [-0.39, 0.29) is 0 Å². The molecule has 1 atom stereocenters. The largest absolute Gasteiger partial charge is 0.358 e. The Morgan fingerprint density at radius 1 is 0.815 bits per heavy atom. The minimum absolute atomic E-state index is 0.375. The molecule has 126 valence electrons. The van der Waals surface area contributed by atoms with Crippen LogP contribution in [0.3, 0.4) is 0 Å². The molecule has 1 N–H and O–H groups in total. The van der Waals surface area contributed by atoms with Gasteiger partial charge in [0.25, 0.3) is 0 Å². The van der Waals surface area contributed by atoms with Crippen molar-refractivity contribution < 1.29 is 0 Å². The van der Waals surface area contributed by atoms with Crippen LogP contribution in [0.1, 0.15) is 22.7 Å². The third kappa shape index (κ3) is 1.89. The second kappa shape index (κ2) is 5.74. The van der Waals surface area contributed by atoms with Crippen molar-refractivity contribution in [3.63, 3.8) is 0 Å². The number of nitrogens with zero attached hydrogens (tertiary/aromatic N) is 4. The van der Waals surface area contributed by atoms with E-state index in [9.17, 15) is 21.0 Å². The first-order valence-corrected chi connectivity index (χ1v) is 8.47. The maximum atomic E-state index is 10.1. The topological polar surface area (TPSA) is 111 Å². The Hall–Kier alpha value is -4.06. The summed E-state index contributed by atoms with van der Waals surface area (Å²) in [6.45, 7) is 0. The summed E-state index contributed by atoms with van der Waals surface area (Å²) in [7, 11) is 0. The van der Waals surface area contributed by atoms with E-state index >= 15 is 0 Å². The predicted octanol–water partition coefficient (Wildman–Crippen LogP) is 3.83. The molecule has 2 aromatic carbocycles. The van der Waals surface area contributed by atoms with E-state index in [2.05, 4.69) is 29.3 Å². The monoisotopic (exact) mass is 347 g/mol. The van der Waals surface area contributed by atoms with Crippen molar-refractivity contribution in [3.8, 4) is 24.3 Å². The molecule has 1 heterocycles. The van der Waals surface area contributed by atoms with Gasteiger partial charge in [-0.1, -0.05) is 48.5 Å². The van der Waals surface area contributed by atoms with Gasteiger partial charge in [0.05, 0.1) is 24.3 Å². The van der Waals surface area contributed by atoms with Crippen LogP contribution in [0, 0.1) is 50.7 Å². The fraction of sp³-hybridized carbons (Fsp3) is 0.182. The first-order valence-electron chi connectivity index (χ1n) is 8.47. The molecular formula is C22H13N5. The molecule has 5 heteroatoms. The number of aromatic amines is 1. The molecule has 0 amide bonds. The number of rotatable bonds is 1. The molecule has 3 aromatic rings. The highest BCUT2D eigenvalue weighted by Gasteiger charge is 2.64. The molecule has 0 bridgehead atoms. The zero-order valence-electron chi connectivity index (χ0n) is 14.3. The van der Waals surface area contributed by atoms with Crippen LogP contribution in [0.2, 0.25) is 0 Å². The van der Waals surface area contributed by atoms with Crippen molar-refractivity contribution in [1.82, 2.24) is 4.98 Å². The lowest BCUT2D eigenvalue weighted by Crippen LogP contribution is -2.50. The van der Waals surface area contributed by atoms with Crippen LogP contribution in [0.4, 0.5) is 0 Å². The zero-order valence-corrected chi connectivity index (χ0v) is 14.3. The van der Waals surface area contributed by atoms with Crippen LogP contribution in [0.25, 0.3) is 10.9 Å². The highest BCUT2D eigenvalue weighted by atomic mass is 14.8. The zero-order chi connectivity index (χ0) is 19.1. The number of hydrogen-bond donors (Lipinski definition) is 1. The smallest absolute Gasteiger partial charge is 0.203 e. The minimum Gasteiger partial charge on any atom is -0.358 e. The van der Waals surface area contributed by atoms with Crippen LogP contribution < -0.4 is 0 Å². The summed E-state index contributed by atoms with van der Waals surface area (Å²) in [6, 6.07) is 24.8. The van der Waals surface area contributed by atoms with E-state index in [1.165, 1.54) is 0 Å². The summed E-state index contributed by atoms with van der Waals surface area (Å²) in [5, 5.41) is 41.2. The molecule has 0 spiro atoms. The number of fused-ring (bicyclic) bond motifs is 3. The lowest BCUT2D eigenvalue weighted by atomic mass is 9.51. The molecule has 0 saturated carbocycles. The third-order valence-corrected chi connectivity index (χ3v) is 5.57. The lowest BCUT2D eigenvalue weighted by Gasteiger charge is -2.42. The summed E-state index contributed by atoms with van der Waals surface area (Å²) < 4.78 is 0. The van der Waals surface area contributed by atoms with Gasteiger partial charge in [0.2, 0.25) is 5.41 Å². The SMILES string of the molecule is N#CC1(C#N)c2c([nH]c3ccccc23)CC(c2ccccc2)C1(C#N)C#N. The van der Waals surface area contributed by atoms with Gasteiger partial charge in [0.15, 0.2) is 5.41 Å². The van der Waals surface area contributed by atoms with Gasteiger partial charge < -0.3 is 4.98 Å². The Bertz CT molecular complexity index is 1180. The summed E-state index contributed by atoms with van der Waals surface area (Å²) in [5.74, 6) is -0.603. The fourth-order valence-corrected chi connectivity index (χ4v) is 4.31. The quantitative estimate of drug-likeness (QED) is 0.721. The summed E-state index contributed by atoms with van der Waals surface area (Å²) in [4.78, 5) is 3.30. The van der Waals surface area contributed by atoms with Crippen molar-refractivity contribution in [2.24, 2.45) is 5.41 Å². The van der Waals surface area contributed by atoms with E-state index < -0.39 is 16.7 Å². The van der Waals surface area contributed by atoms with Crippen molar-refractivity contribution in [1.29, 1.82) is 21.0 Å². The van der Waals surface area contributed by atoms with E-state index in [1.807, 2.05) is 54.6 Å². The van der Waals surface area contributed by atoms with E-state index in [0.29, 0.717) is 17.4 Å². The van der Waals surface area contributed by atoms with Gasteiger partial charge in [-0.3, -0.25) is 0 Å². The van der Waals surface area contributed by atoms with Crippen LogP contribution in [-0.2, 0) is 11.8 Å². The van der Waals surface area contributed by atoms with Crippen LogP contribution in [-0.4, -0.2) is 4.98 Å². The maximum Gasteiger partial charge on any atom is 0.203 e. The molecule has 0 fully saturated rings. The number of benzene rings is 2. The van der Waals surface area contributed by atoms with Crippen molar-refractivity contribution in [3.05, 3.63) is 71.4 Å². The number of hydrogen-bond acceptors (Lipinski definition) is 4. The number of aromatic nitrogens is 1. The van der Waals surface area contributed by atoms with Gasteiger partial charge in [-0.2, -0.15) is 21.0 Å². The molecular weight excluding hydrogens is 334 g/mol. The number of nitriles is 4. The Morgan fingerprint density at radius 2 is 1.44 bits per heavy atom. The Kier molecular flexibility index (Phi) is 3.49. The normalized spacial score (nSPS) is 19.0. The first kappa shape index (κ1) is 16.4. The Morgan fingerprint density at radius 3 is 2.07 bits per heavy atom. The molecule has 27 heavy (non-hydrogen) atoms. The highest BCUT2D eigenvalue weighted by Crippen LogP contribution is 2.57. The minimum atomic E-state index is -1.90. The lowest BCUT2D eigenvalue weighted by molar-refractivity contribution is 0.294. The second-order valence-electron chi connectivity index (χ2n) is 6.70. The third-order valence-electron chi connectivity index (χ3n) is 5.57. The van der Waals surface area contributed by atoms with Gasteiger partial charge >= 0.3 is 0 Å². The second-order valence-corrected chi connectivity index (χ2v) is 6.70. The van der Waals surface area contributed by atoms with Gasteiger partial charge in [0.1, 0.15) is 0 Å². The molecule has 4 rings (SSSR count). The number of H-pyrrole nitrogens is 1. The standard InChI is InChI=1S/C22H13N5/c23-11-21(12-24)17(15-6-2-1-3-7-15)10-19-20(22(21,13-25)14-26)16-8-4-5-9-18(16)27-19/h1-9,17,27H,10H2. The van der Waals surface area contributed by atoms with Gasteiger partial charge in [0, 0.05) is 28.1 Å². The van der Waals surface area contributed by atoms with Gasteiger partial charge in [-0.15, -0.1) is 0 Å². The Labute approximate surface area is 156 Å². The Balaban J connectivity index is 2.15. The summed E-state index contributed by atoms with van der Waals surface area (Å²) in [5.41, 5.74) is -0.983. The van der Waals surface area contributed by atoms with E-state index in [0.717, 1.165) is 16.8 Å².